The van der Waals surface area contributed by atoms with Gasteiger partial charge in [0.25, 0.3) is 0 Å². The molecule has 0 aliphatic carbocycles. The van der Waals surface area contributed by atoms with Gasteiger partial charge in [0, 0.05) is 11.3 Å². The number of aliphatic carboxylic acids is 1. The molecule has 3 nitrogen and oxygen atoms in total. The average molecular weight is 238 g/mol. The van der Waals surface area contributed by atoms with E-state index in [2.05, 4.69) is 0 Å². The van der Waals surface area contributed by atoms with Gasteiger partial charge in [-0.1, -0.05) is 0 Å². The first-order chi connectivity index (χ1) is 7.49. The predicted octanol–water partition coefficient (Wildman–Crippen LogP) is 2.58. The van der Waals surface area contributed by atoms with Crippen LogP contribution in [0.2, 0.25) is 0 Å². The van der Waals surface area contributed by atoms with Crippen molar-refractivity contribution in [1.82, 2.24) is 0 Å². The molecule has 1 aliphatic heterocycles. The molecule has 2 rings (SSSR count). The minimum atomic E-state index is -0.798. The van der Waals surface area contributed by atoms with Crippen LogP contribution >= 0.6 is 11.8 Å². The number of ether oxygens (including phenoxy) is 1. The minimum Gasteiger partial charge on any atom is -0.493 e. The third kappa shape index (κ3) is 2.16. The van der Waals surface area contributed by atoms with E-state index in [0.29, 0.717) is 0 Å². The summed E-state index contributed by atoms with van der Waals surface area (Å²) in [7, 11) is 0. The van der Waals surface area contributed by atoms with Crippen molar-refractivity contribution < 1.29 is 14.6 Å². The van der Waals surface area contributed by atoms with Crippen LogP contribution in [0.4, 0.5) is 0 Å². The molecule has 1 heterocycles. The van der Waals surface area contributed by atoms with Crippen LogP contribution in [-0.4, -0.2) is 22.4 Å². The van der Waals surface area contributed by atoms with E-state index in [1.807, 2.05) is 18.2 Å². The fourth-order valence-corrected chi connectivity index (χ4v) is 2.58. The molecule has 1 aromatic rings. The van der Waals surface area contributed by atoms with Crippen LogP contribution in [0.5, 0.6) is 5.75 Å². The number of hydrogen-bond acceptors (Lipinski definition) is 3. The number of carboxylic acid groups (broad SMARTS) is 1. The van der Waals surface area contributed by atoms with E-state index >= 15 is 0 Å². The Hall–Kier alpha value is -1.16. The summed E-state index contributed by atoms with van der Waals surface area (Å²) in [6.07, 6.45) is 0.914. The smallest absolute Gasteiger partial charge is 0.319 e. The number of hydrogen-bond donors (Lipinski definition) is 1. The zero-order valence-corrected chi connectivity index (χ0v) is 10.1. The van der Waals surface area contributed by atoms with Crippen molar-refractivity contribution in [2.24, 2.45) is 0 Å². The molecule has 1 aliphatic rings. The summed E-state index contributed by atoms with van der Waals surface area (Å²) >= 11 is 1.36. The molecule has 0 bridgehead atoms. The highest BCUT2D eigenvalue weighted by atomic mass is 32.2. The second kappa shape index (κ2) is 4.01. The lowest BCUT2D eigenvalue weighted by Gasteiger charge is -2.18. The molecule has 1 N–H and O–H groups in total. The lowest BCUT2D eigenvalue weighted by Crippen LogP contribution is -2.26. The van der Waals surface area contributed by atoms with E-state index in [1.54, 1.807) is 13.8 Å². The standard InChI is InChI=1S/C12H14O3S/c1-12(2,11(13)14)16-9-3-4-10-8(7-9)5-6-15-10/h3-4,7H,5-6H2,1-2H3,(H,13,14). The normalized spacial score (nSPS) is 14.4. The molecule has 4 heteroatoms. The summed E-state index contributed by atoms with van der Waals surface area (Å²) in [5.74, 6) is 0.131. The van der Waals surface area contributed by atoms with Gasteiger partial charge < -0.3 is 9.84 Å². The third-order valence-corrected chi connectivity index (χ3v) is 3.72. The maximum absolute atomic E-state index is 11.0. The largest absolute Gasteiger partial charge is 0.493 e. The summed E-state index contributed by atoms with van der Waals surface area (Å²) < 4.78 is 4.61. The summed E-state index contributed by atoms with van der Waals surface area (Å²) in [4.78, 5) is 12.0. The van der Waals surface area contributed by atoms with E-state index in [4.69, 9.17) is 9.84 Å². The summed E-state index contributed by atoms with van der Waals surface area (Å²) in [5.41, 5.74) is 1.17. The first kappa shape index (κ1) is 11.3. The first-order valence-electron chi connectivity index (χ1n) is 5.17. The summed E-state index contributed by atoms with van der Waals surface area (Å²) in [5, 5.41) is 9.05. The van der Waals surface area contributed by atoms with Gasteiger partial charge in [0.05, 0.1) is 6.61 Å². The van der Waals surface area contributed by atoms with Gasteiger partial charge >= 0.3 is 5.97 Å². The molecule has 0 spiro atoms. The van der Waals surface area contributed by atoms with Crippen LogP contribution in [0.1, 0.15) is 19.4 Å². The van der Waals surface area contributed by atoms with E-state index in [-0.39, 0.29) is 0 Å². The van der Waals surface area contributed by atoms with Crippen molar-refractivity contribution in [1.29, 1.82) is 0 Å². The van der Waals surface area contributed by atoms with E-state index in [1.165, 1.54) is 17.3 Å². The van der Waals surface area contributed by atoms with Crippen LogP contribution in [0, 0.1) is 0 Å². The maximum atomic E-state index is 11.0. The fourth-order valence-electron chi connectivity index (χ4n) is 1.56. The van der Waals surface area contributed by atoms with E-state index < -0.39 is 10.7 Å². The molecule has 0 saturated heterocycles. The van der Waals surface area contributed by atoms with Crippen molar-refractivity contribution in [3.8, 4) is 5.75 Å². The third-order valence-electron chi connectivity index (χ3n) is 2.55. The Bertz CT molecular complexity index is 426. The monoisotopic (exact) mass is 238 g/mol. The van der Waals surface area contributed by atoms with Crippen LogP contribution < -0.4 is 4.74 Å². The Labute approximate surface area is 98.8 Å². The zero-order chi connectivity index (χ0) is 11.8. The fraction of sp³-hybridized carbons (Fsp3) is 0.417. The van der Waals surface area contributed by atoms with Crippen molar-refractivity contribution in [3.05, 3.63) is 23.8 Å². The SMILES string of the molecule is CC(C)(Sc1ccc2c(c1)CCO2)C(=O)O. The Morgan fingerprint density at radius 3 is 2.94 bits per heavy atom. The van der Waals surface area contributed by atoms with Crippen LogP contribution in [0.15, 0.2) is 23.1 Å². The number of rotatable bonds is 3. The first-order valence-corrected chi connectivity index (χ1v) is 5.99. The number of thioether (sulfide) groups is 1. The van der Waals surface area contributed by atoms with Gasteiger partial charge in [0.1, 0.15) is 10.5 Å². The number of benzene rings is 1. The molecule has 0 radical (unpaired) electrons. The Kier molecular flexibility index (Phi) is 2.84. The topological polar surface area (TPSA) is 46.5 Å². The van der Waals surface area contributed by atoms with Gasteiger partial charge in [-0.25, -0.2) is 0 Å². The summed E-state index contributed by atoms with van der Waals surface area (Å²) in [6.45, 7) is 4.15. The second-order valence-corrected chi connectivity index (χ2v) is 5.98. The number of fused-ring (bicyclic) bond motifs is 1. The van der Waals surface area contributed by atoms with Gasteiger partial charge in [0.15, 0.2) is 0 Å². The Morgan fingerprint density at radius 2 is 2.25 bits per heavy atom. The molecule has 0 amide bonds. The minimum absolute atomic E-state index is 0.728. The van der Waals surface area contributed by atoms with E-state index in [0.717, 1.165) is 23.7 Å². The lowest BCUT2D eigenvalue weighted by atomic mass is 10.2. The second-order valence-electron chi connectivity index (χ2n) is 4.29. The molecule has 86 valence electrons. The van der Waals surface area contributed by atoms with Crippen LogP contribution in [-0.2, 0) is 11.2 Å². The quantitative estimate of drug-likeness (QED) is 0.822. The number of carbonyl (C=O) groups is 1. The van der Waals surface area contributed by atoms with Gasteiger partial charge in [0.2, 0.25) is 0 Å². The van der Waals surface area contributed by atoms with E-state index in [9.17, 15) is 4.79 Å². The predicted molar refractivity (Wildman–Crippen MR) is 63.2 cm³/mol. The Morgan fingerprint density at radius 1 is 1.50 bits per heavy atom. The van der Waals surface area contributed by atoms with Crippen LogP contribution in [0.3, 0.4) is 0 Å². The van der Waals surface area contributed by atoms with Gasteiger partial charge in [-0.15, -0.1) is 11.8 Å². The van der Waals surface area contributed by atoms with Crippen molar-refractivity contribution in [3.63, 3.8) is 0 Å². The molecule has 0 atom stereocenters. The highest BCUT2D eigenvalue weighted by Crippen LogP contribution is 2.36. The van der Waals surface area contributed by atoms with Crippen molar-refractivity contribution in [2.75, 3.05) is 6.61 Å². The molecule has 0 fully saturated rings. The molecular weight excluding hydrogens is 224 g/mol. The molecule has 16 heavy (non-hydrogen) atoms. The molecule has 0 unspecified atom stereocenters. The Balaban J connectivity index is 2.20. The van der Waals surface area contributed by atoms with Gasteiger partial charge in [-0.3, -0.25) is 4.79 Å². The molecule has 1 aromatic carbocycles. The van der Waals surface area contributed by atoms with Crippen molar-refractivity contribution >= 4 is 17.7 Å². The maximum Gasteiger partial charge on any atom is 0.319 e. The summed E-state index contributed by atoms with van der Waals surface area (Å²) in [6, 6.07) is 5.86. The zero-order valence-electron chi connectivity index (χ0n) is 9.32. The van der Waals surface area contributed by atoms with Gasteiger partial charge in [-0.05, 0) is 37.6 Å². The highest BCUT2D eigenvalue weighted by molar-refractivity contribution is 8.01. The molecular formula is C12H14O3S. The average Bonchev–Trinajstić information content (AvgIpc) is 2.63. The van der Waals surface area contributed by atoms with Crippen LogP contribution in [0.25, 0.3) is 0 Å². The highest BCUT2D eigenvalue weighted by Gasteiger charge is 2.28. The molecule has 0 saturated carbocycles. The molecule has 0 aromatic heterocycles. The number of carboxylic acids is 1. The van der Waals surface area contributed by atoms with Gasteiger partial charge in [-0.2, -0.15) is 0 Å². The lowest BCUT2D eigenvalue weighted by molar-refractivity contribution is -0.138. The van der Waals surface area contributed by atoms with Crippen molar-refractivity contribution in [2.45, 2.75) is 29.9 Å².